The molecule has 0 spiro atoms. The molecule has 0 fully saturated rings. The molecule has 17 heavy (non-hydrogen) atoms. The number of aryl methyl sites for hydroxylation is 1. The average molecular weight is 252 g/mol. The quantitative estimate of drug-likeness (QED) is 0.558. The fourth-order valence-corrected chi connectivity index (χ4v) is 3.29. The van der Waals surface area contributed by atoms with E-state index in [1.807, 2.05) is 26.2 Å². The van der Waals surface area contributed by atoms with Crippen molar-refractivity contribution in [3.63, 3.8) is 0 Å². The van der Waals surface area contributed by atoms with E-state index in [0.717, 1.165) is 18.4 Å². The Kier molecular flexibility index (Phi) is 3.57. The van der Waals surface area contributed by atoms with Crippen LogP contribution in [0.15, 0.2) is 5.38 Å². The van der Waals surface area contributed by atoms with Gasteiger partial charge >= 0.3 is 5.97 Å². The van der Waals surface area contributed by atoms with E-state index in [-0.39, 0.29) is 5.97 Å². The summed E-state index contributed by atoms with van der Waals surface area (Å²) < 4.78 is 5.46. The first kappa shape index (κ1) is 12.6. The first-order valence-corrected chi connectivity index (χ1v) is 7.18. The number of hydrogen-bond donors (Lipinski definition) is 0. The van der Waals surface area contributed by atoms with Gasteiger partial charge in [-0.3, -0.25) is 0 Å². The summed E-state index contributed by atoms with van der Waals surface area (Å²) in [7, 11) is 0. The molecular formula is C14H20O2S. The number of carbonyl (C=O) groups is 1. The Balaban J connectivity index is 2.21. The molecule has 1 aliphatic rings. The molecule has 0 saturated carbocycles. The summed E-state index contributed by atoms with van der Waals surface area (Å²) in [6, 6.07) is 0. The van der Waals surface area contributed by atoms with E-state index in [0.29, 0.717) is 0 Å². The van der Waals surface area contributed by atoms with Gasteiger partial charge in [-0.15, -0.1) is 11.3 Å². The van der Waals surface area contributed by atoms with Gasteiger partial charge in [-0.2, -0.15) is 0 Å². The van der Waals surface area contributed by atoms with Crippen LogP contribution in [0, 0.1) is 0 Å². The van der Waals surface area contributed by atoms with Crippen molar-refractivity contribution >= 4 is 17.3 Å². The second-order valence-corrected chi connectivity index (χ2v) is 6.58. The van der Waals surface area contributed by atoms with Gasteiger partial charge in [0.25, 0.3) is 0 Å². The standard InChI is InChI=1S/C14H20O2S/c1-14(2,3)16-13(15)11-9-17-12-8-6-4-5-7-10(11)12/h9H,4-8H2,1-3H3. The molecule has 0 N–H and O–H groups in total. The third kappa shape index (κ3) is 3.09. The molecule has 1 heterocycles. The van der Waals surface area contributed by atoms with Crippen molar-refractivity contribution in [2.45, 2.75) is 58.5 Å². The molecule has 1 aliphatic carbocycles. The maximum atomic E-state index is 12.1. The van der Waals surface area contributed by atoms with Crippen LogP contribution in [-0.2, 0) is 17.6 Å². The molecule has 1 aromatic rings. The van der Waals surface area contributed by atoms with Gasteiger partial charge in [-0.05, 0) is 52.0 Å². The Morgan fingerprint density at radius 1 is 1.24 bits per heavy atom. The monoisotopic (exact) mass is 252 g/mol. The third-order valence-electron chi connectivity index (χ3n) is 2.93. The SMILES string of the molecule is CC(C)(C)OC(=O)c1csc2c1CCCCC2. The van der Waals surface area contributed by atoms with Crippen molar-refractivity contribution in [3.05, 3.63) is 21.4 Å². The second kappa shape index (κ2) is 4.81. The minimum atomic E-state index is -0.406. The first-order valence-electron chi connectivity index (χ1n) is 6.30. The van der Waals surface area contributed by atoms with Gasteiger partial charge in [0.2, 0.25) is 0 Å². The van der Waals surface area contributed by atoms with E-state index < -0.39 is 5.60 Å². The number of rotatable bonds is 1. The van der Waals surface area contributed by atoms with E-state index >= 15 is 0 Å². The molecule has 0 unspecified atom stereocenters. The van der Waals surface area contributed by atoms with Gasteiger partial charge in [0.05, 0.1) is 5.56 Å². The molecule has 0 aromatic carbocycles. The summed E-state index contributed by atoms with van der Waals surface area (Å²) in [4.78, 5) is 13.5. The van der Waals surface area contributed by atoms with E-state index in [4.69, 9.17) is 4.74 Å². The minimum absolute atomic E-state index is 0.156. The molecule has 0 atom stereocenters. The van der Waals surface area contributed by atoms with Gasteiger partial charge in [-0.25, -0.2) is 4.79 Å². The predicted molar refractivity (Wildman–Crippen MR) is 70.7 cm³/mol. The molecule has 0 radical (unpaired) electrons. The van der Waals surface area contributed by atoms with Crippen molar-refractivity contribution in [3.8, 4) is 0 Å². The third-order valence-corrected chi connectivity index (χ3v) is 4.02. The van der Waals surface area contributed by atoms with Crippen LogP contribution in [0.25, 0.3) is 0 Å². The highest BCUT2D eigenvalue weighted by molar-refractivity contribution is 7.10. The first-order chi connectivity index (χ1) is 7.97. The molecule has 0 bridgehead atoms. The van der Waals surface area contributed by atoms with Crippen molar-refractivity contribution in [2.75, 3.05) is 0 Å². The number of esters is 1. The Labute approximate surface area is 107 Å². The Morgan fingerprint density at radius 3 is 2.65 bits per heavy atom. The number of carbonyl (C=O) groups excluding carboxylic acids is 1. The lowest BCUT2D eigenvalue weighted by atomic mass is 10.1. The molecule has 1 aromatic heterocycles. The lowest BCUT2D eigenvalue weighted by Crippen LogP contribution is -2.24. The normalized spacial score (nSPS) is 16.2. The van der Waals surface area contributed by atoms with Crippen LogP contribution in [0.1, 0.15) is 60.8 Å². The van der Waals surface area contributed by atoms with Crippen LogP contribution < -0.4 is 0 Å². The van der Waals surface area contributed by atoms with Crippen LogP contribution in [0.4, 0.5) is 0 Å². The Hall–Kier alpha value is -0.830. The number of hydrogen-bond acceptors (Lipinski definition) is 3. The van der Waals surface area contributed by atoms with Gasteiger partial charge < -0.3 is 4.74 Å². The highest BCUT2D eigenvalue weighted by atomic mass is 32.1. The summed E-state index contributed by atoms with van der Waals surface area (Å²) >= 11 is 1.72. The summed E-state index contributed by atoms with van der Waals surface area (Å²) in [5.41, 5.74) is 1.65. The Morgan fingerprint density at radius 2 is 1.94 bits per heavy atom. The predicted octanol–water partition coefficient (Wildman–Crippen LogP) is 3.97. The fourth-order valence-electron chi connectivity index (χ4n) is 2.17. The lowest BCUT2D eigenvalue weighted by Gasteiger charge is -2.19. The highest BCUT2D eigenvalue weighted by Gasteiger charge is 2.23. The lowest BCUT2D eigenvalue weighted by molar-refractivity contribution is 0.00689. The smallest absolute Gasteiger partial charge is 0.339 e. The van der Waals surface area contributed by atoms with Crippen LogP contribution in [0.2, 0.25) is 0 Å². The zero-order valence-corrected chi connectivity index (χ0v) is 11.7. The van der Waals surface area contributed by atoms with E-state index in [2.05, 4.69) is 0 Å². The Bertz CT molecular complexity index is 412. The van der Waals surface area contributed by atoms with Crippen LogP contribution in [0.3, 0.4) is 0 Å². The molecule has 0 aliphatic heterocycles. The van der Waals surface area contributed by atoms with Crippen molar-refractivity contribution in [1.82, 2.24) is 0 Å². The largest absolute Gasteiger partial charge is 0.456 e. The van der Waals surface area contributed by atoms with E-state index in [1.54, 1.807) is 11.3 Å². The second-order valence-electron chi connectivity index (χ2n) is 5.61. The zero-order valence-electron chi connectivity index (χ0n) is 10.8. The maximum Gasteiger partial charge on any atom is 0.339 e. The van der Waals surface area contributed by atoms with Gasteiger partial charge in [0, 0.05) is 10.3 Å². The van der Waals surface area contributed by atoms with Crippen LogP contribution in [-0.4, -0.2) is 11.6 Å². The van der Waals surface area contributed by atoms with E-state index in [9.17, 15) is 4.79 Å². The van der Waals surface area contributed by atoms with Gasteiger partial charge in [0.1, 0.15) is 5.60 Å². The van der Waals surface area contributed by atoms with Crippen molar-refractivity contribution < 1.29 is 9.53 Å². The summed E-state index contributed by atoms with van der Waals surface area (Å²) in [6.07, 6.45) is 5.88. The highest BCUT2D eigenvalue weighted by Crippen LogP contribution is 2.30. The molecule has 2 nitrogen and oxygen atoms in total. The van der Waals surface area contributed by atoms with Gasteiger partial charge in [0.15, 0.2) is 0 Å². The van der Waals surface area contributed by atoms with Crippen LogP contribution >= 0.6 is 11.3 Å². The fraction of sp³-hybridized carbons (Fsp3) is 0.643. The van der Waals surface area contributed by atoms with Crippen molar-refractivity contribution in [1.29, 1.82) is 0 Å². The summed E-state index contributed by atoms with van der Waals surface area (Å²) in [5.74, 6) is -0.156. The number of ether oxygens (including phenoxy) is 1. The minimum Gasteiger partial charge on any atom is -0.456 e. The molecule has 0 amide bonds. The van der Waals surface area contributed by atoms with Crippen LogP contribution in [0.5, 0.6) is 0 Å². The molecule has 2 rings (SSSR count). The number of fused-ring (bicyclic) bond motifs is 1. The molecule has 3 heteroatoms. The van der Waals surface area contributed by atoms with Crippen molar-refractivity contribution in [2.24, 2.45) is 0 Å². The average Bonchev–Trinajstić information content (AvgIpc) is 2.46. The maximum absolute atomic E-state index is 12.1. The number of thiophene rings is 1. The zero-order chi connectivity index (χ0) is 12.5. The summed E-state index contributed by atoms with van der Waals surface area (Å²) in [5, 5.41) is 1.98. The molecular weight excluding hydrogens is 232 g/mol. The van der Waals surface area contributed by atoms with E-state index in [1.165, 1.54) is 29.7 Å². The van der Waals surface area contributed by atoms with Gasteiger partial charge in [-0.1, -0.05) is 6.42 Å². The summed E-state index contributed by atoms with van der Waals surface area (Å²) in [6.45, 7) is 5.74. The molecule has 94 valence electrons. The topological polar surface area (TPSA) is 26.3 Å². The molecule has 0 saturated heterocycles.